The zero-order valence-electron chi connectivity index (χ0n) is 11.3. The molecule has 6 nitrogen and oxygen atoms in total. The van der Waals surface area contributed by atoms with Gasteiger partial charge in [-0.2, -0.15) is 0 Å². The number of amides is 3. The third-order valence-electron chi connectivity index (χ3n) is 3.09. The van der Waals surface area contributed by atoms with Crippen LogP contribution in [0.1, 0.15) is 34.1 Å². The van der Waals surface area contributed by atoms with Gasteiger partial charge < -0.3 is 10.6 Å². The minimum Gasteiger partial charge on any atom is -0.320 e. The Kier molecular flexibility index (Phi) is 4.11. The molecule has 0 aromatic rings. The largest absolute Gasteiger partial charge is 0.320 e. The predicted molar refractivity (Wildman–Crippen MR) is 66.4 cm³/mol. The molecule has 0 saturated carbocycles. The van der Waals surface area contributed by atoms with Crippen molar-refractivity contribution in [3.63, 3.8) is 0 Å². The van der Waals surface area contributed by atoms with E-state index in [-0.39, 0.29) is 18.4 Å². The molecule has 3 N–H and O–H groups in total. The van der Waals surface area contributed by atoms with Crippen LogP contribution in [-0.4, -0.2) is 40.7 Å². The summed E-state index contributed by atoms with van der Waals surface area (Å²) >= 11 is 0. The van der Waals surface area contributed by atoms with E-state index in [9.17, 15) is 14.4 Å². The van der Waals surface area contributed by atoms with Crippen molar-refractivity contribution in [1.82, 2.24) is 10.2 Å². The summed E-state index contributed by atoms with van der Waals surface area (Å²) in [5.74, 6) is -1.01. The topological polar surface area (TPSA) is 92.5 Å². The molecule has 1 aliphatic rings. The standard InChI is InChI=1S/C12H21N3O3/c1-7(2)5-8(13)10(17)15-6-9(16)14-11(18)12(15,3)4/h7-8H,5-6,13H2,1-4H3,(H,14,16,18). The number of carbonyl (C=O) groups excluding carboxylic acids is 3. The van der Waals surface area contributed by atoms with Crippen LogP contribution >= 0.6 is 0 Å². The van der Waals surface area contributed by atoms with E-state index in [2.05, 4.69) is 5.32 Å². The SMILES string of the molecule is CC(C)CC(N)C(=O)N1CC(=O)NC(=O)C1(C)C. The Hall–Kier alpha value is -1.43. The van der Waals surface area contributed by atoms with Crippen molar-refractivity contribution < 1.29 is 14.4 Å². The summed E-state index contributed by atoms with van der Waals surface area (Å²) in [5.41, 5.74) is 4.78. The molecule has 1 heterocycles. The van der Waals surface area contributed by atoms with E-state index in [1.807, 2.05) is 13.8 Å². The molecular formula is C12H21N3O3. The Morgan fingerprint density at radius 1 is 1.44 bits per heavy atom. The molecule has 0 radical (unpaired) electrons. The molecule has 0 aromatic carbocycles. The molecule has 3 amide bonds. The summed E-state index contributed by atoms with van der Waals surface area (Å²) in [4.78, 5) is 36.5. The average Bonchev–Trinajstić information content (AvgIpc) is 2.21. The normalized spacial score (nSPS) is 20.9. The van der Waals surface area contributed by atoms with Crippen LogP contribution in [-0.2, 0) is 14.4 Å². The van der Waals surface area contributed by atoms with E-state index < -0.39 is 23.4 Å². The second-order valence-electron chi connectivity index (χ2n) is 5.60. The van der Waals surface area contributed by atoms with Gasteiger partial charge in [0.2, 0.25) is 11.8 Å². The first-order valence-electron chi connectivity index (χ1n) is 6.07. The summed E-state index contributed by atoms with van der Waals surface area (Å²) in [5, 5.41) is 2.22. The Bertz CT molecular complexity index is 377. The first kappa shape index (κ1) is 14.6. The van der Waals surface area contributed by atoms with Gasteiger partial charge in [-0.15, -0.1) is 0 Å². The Balaban J connectivity index is 2.88. The minimum absolute atomic E-state index is 0.122. The Labute approximate surface area is 107 Å². The molecule has 0 aromatic heterocycles. The summed E-state index contributed by atoms with van der Waals surface area (Å²) in [6, 6.07) is -0.678. The second-order valence-corrected chi connectivity index (χ2v) is 5.60. The molecule has 0 spiro atoms. The third kappa shape index (κ3) is 2.87. The van der Waals surface area contributed by atoms with Gasteiger partial charge in [0.25, 0.3) is 5.91 Å². The van der Waals surface area contributed by atoms with E-state index in [1.165, 1.54) is 4.90 Å². The Morgan fingerprint density at radius 3 is 2.50 bits per heavy atom. The van der Waals surface area contributed by atoms with E-state index in [0.29, 0.717) is 6.42 Å². The van der Waals surface area contributed by atoms with Crippen LogP contribution in [0.5, 0.6) is 0 Å². The molecule has 6 heteroatoms. The van der Waals surface area contributed by atoms with Crippen molar-refractivity contribution in [3.05, 3.63) is 0 Å². The summed E-state index contributed by atoms with van der Waals surface area (Å²) in [7, 11) is 0. The lowest BCUT2D eigenvalue weighted by Gasteiger charge is -2.41. The van der Waals surface area contributed by atoms with Crippen molar-refractivity contribution in [2.45, 2.75) is 45.7 Å². The van der Waals surface area contributed by atoms with Crippen LogP contribution in [0, 0.1) is 5.92 Å². The average molecular weight is 255 g/mol. The van der Waals surface area contributed by atoms with Crippen molar-refractivity contribution in [1.29, 1.82) is 0 Å². The third-order valence-corrected chi connectivity index (χ3v) is 3.09. The van der Waals surface area contributed by atoms with Crippen molar-refractivity contribution >= 4 is 17.7 Å². The number of hydrogen-bond donors (Lipinski definition) is 2. The molecule has 0 bridgehead atoms. The first-order valence-corrected chi connectivity index (χ1v) is 6.07. The zero-order valence-corrected chi connectivity index (χ0v) is 11.3. The van der Waals surface area contributed by atoms with Gasteiger partial charge in [0.05, 0.1) is 6.04 Å². The smallest absolute Gasteiger partial charge is 0.252 e. The van der Waals surface area contributed by atoms with E-state index in [4.69, 9.17) is 5.73 Å². The van der Waals surface area contributed by atoms with Crippen LogP contribution in [0.2, 0.25) is 0 Å². The predicted octanol–water partition coefficient (Wildman–Crippen LogP) is -0.377. The first-order chi connectivity index (χ1) is 8.16. The number of carbonyl (C=O) groups is 3. The van der Waals surface area contributed by atoms with Crippen molar-refractivity contribution in [2.75, 3.05) is 6.54 Å². The van der Waals surface area contributed by atoms with E-state index in [0.717, 1.165) is 0 Å². The van der Waals surface area contributed by atoms with Gasteiger partial charge in [-0.05, 0) is 26.2 Å². The molecule has 1 rings (SSSR count). The number of hydrogen-bond acceptors (Lipinski definition) is 4. The van der Waals surface area contributed by atoms with Gasteiger partial charge in [0.1, 0.15) is 12.1 Å². The van der Waals surface area contributed by atoms with Gasteiger partial charge in [-0.1, -0.05) is 13.8 Å². The van der Waals surface area contributed by atoms with Crippen LogP contribution in [0.15, 0.2) is 0 Å². The number of nitrogens with zero attached hydrogens (tertiary/aromatic N) is 1. The number of imide groups is 1. The summed E-state index contributed by atoms with van der Waals surface area (Å²) in [6.07, 6.45) is 0.529. The monoisotopic (exact) mass is 255 g/mol. The fourth-order valence-corrected chi connectivity index (χ4v) is 1.95. The van der Waals surface area contributed by atoms with Crippen LogP contribution in [0.25, 0.3) is 0 Å². The van der Waals surface area contributed by atoms with Crippen LogP contribution < -0.4 is 11.1 Å². The zero-order chi connectivity index (χ0) is 14.1. The molecule has 1 fully saturated rings. The highest BCUT2D eigenvalue weighted by Crippen LogP contribution is 2.20. The maximum Gasteiger partial charge on any atom is 0.252 e. The lowest BCUT2D eigenvalue weighted by molar-refractivity contribution is -0.156. The van der Waals surface area contributed by atoms with Gasteiger partial charge in [0, 0.05) is 0 Å². The molecule has 1 saturated heterocycles. The lowest BCUT2D eigenvalue weighted by Crippen LogP contribution is -2.67. The van der Waals surface area contributed by atoms with Gasteiger partial charge >= 0.3 is 0 Å². The van der Waals surface area contributed by atoms with Gasteiger partial charge in [0.15, 0.2) is 0 Å². The minimum atomic E-state index is -1.04. The fourth-order valence-electron chi connectivity index (χ4n) is 1.95. The van der Waals surface area contributed by atoms with E-state index in [1.54, 1.807) is 13.8 Å². The number of nitrogens with one attached hydrogen (secondary N) is 1. The molecule has 1 aliphatic heterocycles. The summed E-state index contributed by atoms with van der Waals surface area (Å²) < 4.78 is 0. The van der Waals surface area contributed by atoms with Crippen molar-refractivity contribution in [3.8, 4) is 0 Å². The van der Waals surface area contributed by atoms with Crippen molar-refractivity contribution in [2.24, 2.45) is 11.7 Å². The lowest BCUT2D eigenvalue weighted by atomic mass is 9.95. The number of rotatable bonds is 3. The quantitative estimate of drug-likeness (QED) is 0.673. The molecular weight excluding hydrogens is 234 g/mol. The maximum absolute atomic E-state index is 12.2. The molecule has 0 aliphatic carbocycles. The highest BCUT2D eigenvalue weighted by Gasteiger charge is 2.44. The fraction of sp³-hybridized carbons (Fsp3) is 0.750. The molecule has 102 valence electrons. The van der Waals surface area contributed by atoms with Crippen LogP contribution in [0.3, 0.4) is 0 Å². The van der Waals surface area contributed by atoms with Gasteiger partial charge in [-0.3, -0.25) is 19.7 Å². The molecule has 18 heavy (non-hydrogen) atoms. The van der Waals surface area contributed by atoms with E-state index >= 15 is 0 Å². The number of piperazine rings is 1. The second kappa shape index (κ2) is 5.06. The molecule has 1 unspecified atom stereocenters. The maximum atomic E-state index is 12.2. The Morgan fingerprint density at radius 2 is 2.00 bits per heavy atom. The van der Waals surface area contributed by atoms with Gasteiger partial charge in [-0.25, -0.2) is 0 Å². The van der Waals surface area contributed by atoms with Crippen LogP contribution in [0.4, 0.5) is 0 Å². The number of nitrogens with two attached hydrogens (primary N) is 1. The molecule has 1 atom stereocenters. The highest BCUT2D eigenvalue weighted by atomic mass is 16.2. The summed E-state index contributed by atoms with van der Waals surface area (Å²) in [6.45, 7) is 7.02. The highest BCUT2D eigenvalue weighted by molar-refractivity contribution is 6.06.